The van der Waals surface area contributed by atoms with Gasteiger partial charge in [0.2, 0.25) is 0 Å². The van der Waals surface area contributed by atoms with E-state index in [0.29, 0.717) is 0 Å². The second-order valence-corrected chi connectivity index (χ2v) is 16.1. The highest BCUT2D eigenvalue weighted by atomic mass is 28.3. The Morgan fingerprint density at radius 2 is 1.15 bits per heavy atom. The van der Waals surface area contributed by atoms with Crippen LogP contribution in [0.4, 0.5) is 0 Å². The van der Waals surface area contributed by atoms with E-state index >= 15 is 0 Å². The van der Waals surface area contributed by atoms with Crippen LogP contribution in [-0.4, -0.2) is 12.6 Å². The van der Waals surface area contributed by atoms with Crippen molar-refractivity contribution < 1.29 is 9.15 Å². The van der Waals surface area contributed by atoms with Crippen molar-refractivity contribution in [2.75, 3.05) is 0 Å². The third-order valence-corrected chi connectivity index (χ3v) is 14.7. The van der Waals surface area contributed by atoms with E-state index in [-0.39, 0.29) is 0 Å². The zero-order valence-electron chi connectivity index (χ0n) is 25.7. The SMILES string of the molecule is CC1=C(c2c(C)n(-c3ccc4oc5ccccc5c4c3)c3ccccc23)Oc2ccccc2[Si]1(c1ccccc1)c1ccccc1. The van der Waals surface area contributed by atoms with E-state index in [2.05, 4.69) is 158 Å². The minimum atomic E-state index is -2.71. The lowest BCUT2D eigenvalue weighted by atomic mass is 10.1. The van der Waals surface area contributed by atoms with Gasteiger partial charge < -0.3 is 13.7 Å². The molecule has 0 unspecified atom stereocenters. The lowest BCUT2D eigenvalue weighted by molar-refractivity contribution is 0.513. The Kier molecular flexibility index (Phi) is 5.96. The fraction of sp³-hybridized carbons (Fsp3) is 0.0476. The predicted molar refractivity (Wildman–Crippen MR) is 192 cm³/mol. The van der Waals surface area contributed by atoms with Gasteiger partial charge in [-0.15, -0.1) is 0 Å². The van der Waals surface area contributed by atoms with Gasteiger partial charge in [0.15, 0.2) is 8.07 Å². The summed E-state index contributed by atoms with van der Waals surface area (Å²) in [6.07, 6.45) is 0. The molecule has 0 amide bonds. The number of aromatic nitrogens is 1. The molecule has 0 saturated heterocycles. The van der Waals surface area contributed by atoms with E-state index in [1.807, 2.05) is 12.1 Å². The molecule has 3 heterocycles. The van der Waals surface area contributed by atoms with E-state index in [1.54, 1.807) is 0 Å². The molecule has 0 atom stereocenters. The molecule has 0 N–H and O–H groups in total. The Labute approximate surface area is 268 Å². The van der Waals surface area contributed by atoms with Gasteiger partial charge in [-0.1, -0.05) is 115 Å². The van der Waals surface area contributed by atoms with Crippen LogP contribution in [0.1, 0.15) is 18.2 Å². The molecule has 220 valence electrons. The van der Waals surface area contributed by atoms with Crippen molar-refractivity contribution >= 4 is 62.2 Å². The number of fused-ring (bicyclic) bond motifs is 5. The van der Waals surface area contributed by atoms with Crippen LogP contribution in [0.25, 0.3) is 44.3 Å². The molecule has 1 aliphatic rings. The quantitative estimate of drug-likeness (QED) is 0.187. The van der Waals surface area contributed by atoms with Gasteiger partial charge in [-0.2, -0.15) is 0 Å². The number of hydrogen-bond donors (Lipinski definition) is 0. The Bertz CT molecular complexity index is 2430. The largest absolute Gasteiger partial charge is 0.457 e. The highest BCUT2D eigenvalue weighted by Gasteiger charge is 2.48. The molecule has 0 spiro atoms. The number of para-hydroxylation sites is 3. The van der Waals surface area contributed by atoms with E-state index < -0.39 is 8.07 Å². The molecule has 9 rings (SSSR count). The minimum absolute atomic E-state index is 0.895. The predicted octanol–water partition coefficient (Wildman–Crippen LogP) is 8.67. The van der Waals surface area contributed by atoms with E-state index in [9.17, 15) is 0 Å². The van der Waals surface area contributed by atoms with Crippen LogP contribution in [0, 0.1) is 6.92 Å². The van der Waals surface area contributed by atoms with Gasteiger partial charge >= 0.3 is 0 Å². The zero-order valence-corrected chi connectivity index (χ0v) is 26.7. The Morgan fingerprint density at radius 3 is 1.91 bits per heavy atom. The standard InChI is InChI=1S/C42H31NO2Si/c1-28-41(34-20-9-11-21-36(34)43(28)30-25-26-38-35(27-30)33-19-10-12-22-37(33)44-38)42-29(2)46(31-15-5-3-6-16-31,32-17-7-4-8-18-32)40-24-14-13-23-39(40)45-42/h3-27H,1-2H3. The molecule has 0 radical (unpaired) electrons. The third-order valence-electron chi connectivity index (χ3n) is 9.78. The normalized spacial score (nSPS) is 14.1. The number of furan rings is 1. The number of nitrogens with zero attached hydrogens (tertiary/aromatic N) is 1. The number of ether oxygens (including phenoxy) is 1. The van der Waals surface area contributed by atoms with Crippen LogP contribution in [-0.2, 0) is 0 Å². The topological polar surface area (TPSA) is 27.3 Å². The fourth-order valence-corrected chi connectivity index (χ4v) is 12.8. The van der Waals surface area contributed by atoms with Crippen LogP contribution in [0.3, 0.4) is 0 Å². The van der Waals surface area contributed by atoms with E-state index in [4.69, 9.17) is 9.15 Å². The second-order valence-electron chi connectivity index (χ2n) is 12.1. The summed E-state index contributed by atoms with van der Waals surface area (Å²) in [5, 5.41) is 8.70. The molecular weight excluding hydrogens is 579 g/mol. The zero-order chi connectivity index (χ0) is 30.8. The summed E-state index contributed by atoms with van der Waals surface area (Å²) in [6, 6.07) is 54.3. The third kappa shape index (κ3) is 3.71. The fourth-order valence-electron chi connectivity index (χ4n) is 7.79. The summed E-state index contributed by atoms with van der Waals surface area (Å²) in [7, 11) is -2.71. The molecule has 3 nitrogen and oxygen atoms in total. The first-order valence-electron chi connectivity index (χ1n) is 15.8. The van der Waals surface area contributed by atoms with Crippen molar-refractivity contribution in [1.29, 1.82) is 0 Å². The average molecular weight is 610 g/mol. The minimum Gasteiger partial charge on any atom is -0.457 e. The van der Waals surface area contributed by atoms with Gasteiger partial charge in [-0.3, -0.25) is 0 Å². The van der Waals surface area contributed by atoms with E-state index in [1.165, 1.54) is 26.1 Å². The first kappa shape index (κ1) is 26.8. The van der Waals surface area contributed by atoms with Crippen LogP contribution < -0.4 is 20.3 Å². The monoisotopic (exact) mass is 609 g/mol. The summed E-state index contributed by atoms with van der Waals surface area (Å²) < 4.78 is 15.6. The lowest BCUT2D eigenvalue weighted by Gasteiger charge is -2.40. The molecule has 2 aromatic heterocycles. The lowest BCUT2D eigenvalue weighted by Crippen LogP contribution is -2.69. The van der Waals surface area contributed by atoms with Gasteiger partial charge in [0.1, 0.15) is 22.7 Å². The molecular formula is C42H31NO2Si. The van der Waals surface area contributed by atoms with Crippen molar-refractivity contribution in [3.63, 3.8) is 0 Å². The van der Waals surface area contributed by atoms with Crippen molar-refractivity contribution in [2.24, 2.45) is 0 Å². The van der Waals surface area contributed by atoms with Gasteiger partial charge in [-0.05, 0) is 71.0 Å². The first-order valence-corrected chi connectivity index (χ1v) is 17.8. The maximum Gasteiger partial charge on any atom is 0.183 e. The molecule has 0 aliphatic carbocycles. The van der Waals surface area contributed by atoms with Gasteiger partial charge in [0.05, 0.1) is 5.52 Å². The number of allylic oxidation sites excluding steroid dienone is 1. The molecule has 6 aromatic carbocycles. The highest BCUT2D eigenvalue weighted by Crippen LogP contribution is 2.41. The molecule has 0 bridgehead atoms. The van der Waals surface area contributed by atoms with Gasteiger partial charge in [0, 0.05) is 33.1 Å². The number of benzene rings is 6. The summed E-state index contributed by atoms with van der Waals surface area (Å²) >= 11 is 0. The highest BCUT2D eigenvalue weighted by molar-refractivity contribution is 7.17. The molecule has 1 aliphatic heterocycles. The summed E-state index contributed by atoms with van der Waals surface area (Å²) in [5.74, 6) is 1.89. The molecule has 0 fully saturated rings. The summed E-state index contributed by atoms with van der Waals surface area (Å²) in [4.78, 5) is 0. The van der Waals surface area contributed by atoms with Crippen LogP contribution >= 0.6 is 0 Å². The average Bonchev–Trinajstić information content (AvgIpc) is 3.63. The molecule has 0 saturated carbocycles. The Morgan fingerprint density at radius 1 is 0.543 bits per heavy atom. The van der Waals surface area contributed by atoms with Crippen LogP contribution in [0.5, 0.6) is 5.75 Å². The maximum atomic E-state index is 7.07. The van der Waals surface area contributed by atoms with Crippen LogP contribution in [0.15, 0.2) is 161 Å². The van der Waals surface area contributed by atoms with Crippen molar-refractivity contribution in [3.8, 4) is 11.4 Å². The summed E-state index contributed by atoms with van der Waals surface area (Å²) in [6.45, 7) is 4.54. The van der Waals surface area contributed by atoms with E-state index in [0.717, 1.165) is 55.9 Å². The first-order chi connectivity index (χ1) is 22.7. The molecule has 8 aromatic rings. The second kappa shape index (κ2) is 10.2. The van der Waals surface area contributed by atoms with Gasteiger partial charge in [0.25, 0.3) is 0 Å². The Balaban J connectivity index is 1.36. The number of rotatable bonds is 4. The van der Waals surface area contributed by atoms with Crippen LogP contribution in [0.2, 0.25) is 0 Å². The van der Waals surface area contributed by atoms with Gasteiger partial charge in [-0.25, -0.2) is 0 Å². The van der Waals surface area contributed by atoms with Crippen molar-refractivity contribution in [2.45, 2.75) is 13.8 Å². The summed E-state index contributed by atoms with van der Waals surface area (Å²) in [5.41, 5.74) is 6.34. The smallest absolute Gasteiger partial charge is 0.183 e. The molecule has 4 heteroatoms. The van der Waals surface area contributed by atoms with Crippen molar-refractivity contribution in [1.82, 2.24) is 4.57 Å². The van der Waals surface area contributed by atoms with Crippen molar-refractivity contribution in [3.05, 3.63) is 168 Å². The maximum absolute atomic E-state index is 7.07. The Hall–Kier alpha value is -5.58. The number of hydrogen-bond acceptors (Lipinski definition) is 2. The molecule has 46 heavy (non-hydrogen) atoms.